The van der Waals surface area contributed by atoms with E-state index < -0.39 is 5.97 Å². The van der Waals surface area contributed by atoms with E-state index in [0.717, 1.165) is 19.4 Å². The van der Waals surface area contributed by atoms with Gasteiger partial charge in [0.1, 0.15) is 0 Å². The molecule has 1 aliphatic heterocycles. The first-order valence-electron chi connectivity index (χ1n) is 5.36. The van der Waals surface area contributed by atoms with Crippen molar-refractivity contribution in [2.75, 3.05) is 24.7 Å². The number of carbonyl (C=O) groups excluding carboxylic acids is 1. The molecule has 92 valence electrons. The molecule has 1 aliphatic rings. The number of amides is 1. The van der Waals surface area contributed by atoms with Crippen molar-refractivity contribution < 1.29 is 19.4 Å². The van der Waals surface area contributed by atoms with E-state index in [9.17, 15) is 9.59 Å². The number of ether oxygens (including phenoxy) is 1. The van der Waals surface area contributed by atoms with E-state index in [1.165, 1.54) is 11.8 Å². The average molecular weight is 247 g/mol. The fourth-order valence-corrected chi connectivity index (χ4v) is 2.07. The van der Waals surface area contributed by atoms with Gasteiger partial charge in [0, 0.05) is 18.9 Å². The molecule has 0 aromatic heterocycles. The second-order valence-corrected chi connectivity index (χ2v) is 4.74. The minimum absolute atomic E-state index is 0.0113. The number of hydrogen-bond donors (Lipinski definition) is 2. The first-order valence-corrected chi connectivity index (χ1v) is 6.52. The summed E-state index contributed by atoms with van der Waals surface area (Å²) in [7, 11) is 0. The molecule has 0 bridgehead atoms. The number of thioether (sulfide) groups is 1. The summed E-state index contributed by atoms with van der Waals surface area (Å²) in [5.41, 5.74) is 0. The van der Waals surface area contributed by atoms with Gasteiger partial charge in [0.15, 0.2) is 0 Å². The standard InChI is InChI=1S/C10H17NO4S/c12-9(6-8-2-1-4-15-8)11-3-5-16-7-10(13)14/h8H,1-7H2,(H,11,12)(H,13,14). The minimum atomic E-state index is -0.823. The topological polar surface area (TPSA) is 75.6 Å². The SMILES string of the molecule is O=C(O)CSCCNC(=O)CC1CCCO1. The molecule has 0 spiro atoms. The lowest BCUT2D eigenvalue weighted by Gasteiger charge is -2.09. The zero-order valence-electron chi connectivity index (χ0n) is 9.11. The minimum Gasteiger partial charge on any atom is -0.481 e. The average Bonchev–Trinajstić information content (AvgIpc) is 2.69. The number of rotatable bonds is 7. The van der Waals surface area contributed by atoms with Crippen molar-refractivity contribution >= 4 is 23.6 Å². The van der Waals surface area contributed by atoms with Crippen LogP contribution in [0.1, 0.15) is 19.3 Å². The Kier molecular flexibility index (Phi) is 6.25. The van der Waals surface area contributed by atoms with Crippen molar-refractivity contribution in [1.29, 1.82) is 0 Å². The van der Waals surface area contributed by atoms with Gasteiger partial charge < -0.3 is 15.2 Å². The second kappa shape index (κ2) is 7.51. The largest absolute Gasteiger partial charge is 0.481 e. The van der Waals surface area contributed by atoms with E-state index in [-0.39, 0.29) is 17.8 Å². The Balaban J connectivity index is 1.95. The van der Waals surface area contributed by atoms with Crippen LogP contribution in [0, 0.1) is 0 Å². The first kappa shape index (κ1) is 13.3. The molecule has 0 radical (unpaired) electrons. The lowest BCUT2D eigenvalue weighted by Crippen LogP contribution is -2.29. The van der Waals surface area contributed by atoms with Gasteiger partial charge in [-0.15, -0.1) is 11.8 Å². The van der Waals surface area contributed by atoms with Gasteiger partial charge in [0.05, 0.1) is 18.3 Å². The van der Waals surface area contributed by atoms with Gasteiger partial charge in [0.25, 0.3) is 0 Å². The Hall–Kier alpha value is -0.750. The molecule has 0 aromatic rings. The number of nitrogens with one attached hydrogen (secondary N) is 1. The second-order valence-electron chi connectivity index (χ2n) is 3.64. The van der Waals surface area contributed by atoms with Gasteiger partial charge >= 0.3 is 5.97 Å². The van der Waals surface area contributed by atoms with Crippen LogP contribution in [0.4, 0.5) is 0 Å². The highest BCUT2D eigenvalue weighted by Gasteiger charge is 2.18. The van der Waals surface area contributed by atoms with E-state index in [1.54, 1.807) is 0 Å². The predicted octanol–water partition coefficient (Wildman–Crippen LogP) is 0.489. The van der Waals surface area contributed by atoms with Crippen molar-refractivity contribution in [1.82, 2.24) is 5.32 Å². The molecule has 0 aliphatic carbocycles. The van der Waals surface area contributed by atoms with Gasteiger partial charge in [-0.2, -0.15) is 0 Å². The van der Waals surface area contributed by atoms with E-state index in [0.29, 0.717) is 18.7 Å². The van der Waals surface area contributed by atoms with Crippen LogP contribution in [0.15, 0.2) is 0 Å². The lowest BCUT2D eigenvalue weighted by molar-refractivity contribution is -0.134. The van der Waals surface area contributed by atoms with Gasteiger partial charge in [-0.1, -0.05) is 0 Å². The summed E-state index contributed by atoms with van der Waals surface area (Å²) >= 11 is 1.30. The van der Waals surface area contributed by atoms with Crippen LogP contribution in [0.2, 0.25) is 0 Å². The molecule has 1 saturated heterocycles. The Morgan fingerprint density at radius 3 is 2.94 bits per heavy atom. The first-order chi connectivity index (χ1) is 7.68. The van der Waals surface area contributed by atoms with Crippen molar-refractivity contribution in [3.8, 4) is 0 Å². The zero-order valence-corrected chi connectivity index (χ0v) is 9.92. The molecular formula is C10H17NO4S. The molecule has 5 nitrogen and oxygen atoms in total. The molecule has 16 heavy (non-hydrogen) atoms. The van der Waals surface area contributed by atoms with Gasteiger partial charge in [-0.3, -0.25) is 9.59 Å². The number of carboxylic acid groups (broad SMARTS) is 1. The summed E-state index contributed by atoms with van der Waals surface area (Å²) in [5.74, 6) is -0.121. The van der Waals surface area contributed by atoms with Gasteiger partial charge in [-0.25, -0.2) is 0 Å². The number of carboxylic acids is 1. The predicted molar refractivity (Wildman–Crippen MR) is 61.6 cm³/mol. The molecule has 1 fully saturated rings. The van der Waals surface area contributed by atoms with Crippen molar-refractivity contribution in [3.05, 3.63) is 0 Å². The Bertz CT molecular complexity index is 241. The molecule has 1 unspecified atom stereocenters. The monoisotopic (exact) mass is 247 g/mol. The number of carbonyl (C=O) groups is 2. The van der Waals surface area contributed by atoms with Crippen LogP contribution in [0.5, 0.6) is 0 Å². The maximum absolute atomic E-state index is 11.4. The maximum Gasteiger partial charge on any atom is 0.313 e. The Morgan fingerprint density at radius 1 is 1.50 bits per heavy atom. The number of hydrogen-bond acceptors (Lipinski definition) is 4. The molecule has 2 N–H and O–H groups in total. The summed E-state index contributed by atoms with van der Waals surface area (Å²) in [6, 6.07) is 0. The van der Waals surface area contributed by atoms with Crippen molar-refractivity contribution in [2.45, 2.75) is 25.4 Å². The summed E-state index contributed by atoms with van der Waals surface area (Å²) in [4.78, 5) is 21.6. The van der Waals surface area contributed by atoms with Crippen LogP contribution >= 0.6 is 11.8 Å². The van der Waals surface area contributed by atoms with E-state index in [1.807, 2.05) is 0 Å². The Labute approximate surface area is 98.9 Å². The van der Waals surface area contributed by atoms with Crippen LogP contribution < -0.4 is 5.32 Å². The maximum atomic E-state index is 11.4. The highest BCUT2D eigenvalue weighted by Crippen LogP contribution is 2.14. The van der Waals surface area contributed by atoms with Crippen LogP contribution in [0.25, 0.3) is 0 Å². The molecular weight excluding hydrogens is 230 g/mol. The third-order valence-electron chi connectivity index (χ3n) is 2.23. The van der Waals surface area contributed by atoms with Gasteiger partial charge in [0.2, 0.25) is 5.91 Å². The molecule has 0 aromatic carbocycles. The normalized spacial score (nSPS) is 19.6. The van der Waals surface area contributed by atoms with Gasteiger partial charge in [-0.05, 0) is 12.8 Å². The zero-order chi connectivity index (χ0) is 11.8. The fourth-order valence-electron chi connectivity index (χ4n) is 1.51. The molecule has 1 heterocycles. The van der Waals surface area contributed by atoms with Crippen LogP contribution in [-0.2, 0) is 14.3 Å². The van der Waals surface area contributed by atoms with E-state index in [4.69, 9.17) is 9.84 Å². The smallest absolute Gasteiger partial charge is 0.313 e. The quantitative estimate of drug-likeness (QED) is 0.640. The van der Waals surface area contributed by atoms with Crippen LogP contribution in [-0.4, -0.2) is 47.7 Å². The highest BCUT2D eigenvalue weighted by molar-refractivity contribution is 7.99. The van der Waals surface area contributed by atoms with Crippen molar-refractivity contribution in [3.63, 3.8) is 0 Å². The van der Waals surface area contributed by atoms with E-state index >= 15 is 0 Å². The summed E-state index contributed by atoms with van der Waals surface area (Å²) < 4.78 is 5.34. The Morgan fingerprint density at radius 2 is 2.31 bits per heavy atom. The summed E-state index contributed by atoms with van der Waals surface area (Å²) in [6.07, 6.45) is 2.49. The summed E-state index contributed by atoms with van der Waals surface area (Å²) in [5, 5.41) is 11.1. The van der Waals surface area contributed by atoms with Crippen molar-refractivity contribution in [2.24, 2.45) is 0 Å². The third-order valence-corrected chi connectivity index (χ3v) is 3.18. The molecule has 1 rings (SSSR count). The molecule has 6 heteroatoms. The van der Waals surface area contributed by atoms with Crippen LogP contribution in [0.3, 0.4) is 0 Å². The fraction of sp³-hybridized carbons (Fsp3) is 0.800. The van der Waals surface area contributed by atoms with E-state index in [2.05, 4.69) is 5.32 Å². The third kappa shape index (κ3) is 5.97. The summed E-state index contributed by atoms with van der Waals surface area (Å²) in [6.45, 7) is 1.27. The molecule has 1 atom stereocenters. The molecule has 1 amide bonds. The molecule has 0 saturated carbocycles. The lowest BCUT2D eigenvalue weighted by atomic mass is 10.2. The number of aliphatic carboxylic acids is 1. The highest BCUT2D eigenvalue weighted by atomic mass is 32.2.